The van der Waals surface area contributed by atoms with Crippen LogP contribution in [0.4, 0.5) is 5.69 Å². The summed E-state index contributed by atoms with van der Waals surface area (Å²) in [6, 6.07) is 11.1. The Bertz CT molecular complexity index is 914. The lowest BCUT2D eigenvalue weighted by molar-refractivity contribution is -0.384. The van der Waals surface area contributed by atoms with Crippen LogP contribution in [0.2, 0.25) is 0 Å². The number of nitrogens with one attached hydrogen (secondary N) is 2. The van der Waals surface area contributed by atoms with Crippen molar-refractivity contribution >= 4 is 21.6 Å². The molecule has 0 atom stereocenters. The number of hydrogen-bond donors (Lipinski definition) is 2. The second-order valence-corrected chi connectivity index (χ2v) is 8.32. The van der Waals surface area contributed by atoms with E-state index >= 15 is 0 Å². The number of non-ortho nitro benzene ring substituents is 1. The number of carbonyl (C=O) groups is 1. The monoisotopic (exact) mass is 377 g/mol. The topological polar surface area (TPSA) is 118 Å². The van der Waals surface area contributed by atoms with Crippen molar-refractivity contribution in [1.29, 1.82) is 0 Å². The van der Waals surface area contributed by atoms with Crippen LogP contribution in [0.15, 0.2) is 53.4 Å². The third-order valence-electron chi connectivity index (χ3n) is 3.67. The molecule has 0 aliphatic carbocycles. The lowest BCUT2D eigenvalue weighted by Gasteiger charge is -2.19. The number of hydrazine groups is 1. The molecule has 0 spiro atoms. The average Bonchev–Trinajstić information content (AvgIpc) is 2.59. The summed E-state index contributed by atoms with van der Waals surface area (Å²) in [6.45, 7) is 6.13. The zero-order valence-electron chi connectivity index (χ0n) is 14.5. The zero-order chi connectivity index (χ0) is 19.5. The molecular weight excluding hydrogens is 358 g/mol. The summed E-state index contributed by atoms with van der Waals surface area (Å²) in [4.78, 5) is 23.8. The number of nitro benzene ring substituents is 1. The molecule has 0 aromatic heterocycles. The number of nitrogens with zero attached hydrogens (tertiary/aromatic N) is 1. The van der Waals surface area contributed by atoms with Gasteiger partial charge in [-0.05, 0) is 35.2 Å². The normalized spacial score (nSPS) is 11.8. The van der Waals surface area contributed by atoms with Gasteiger partial charge in [0.25, 0.3) is 21.6 Å². The fraction of sp³-hybridized carbons (Fsp3) is 0.235. The molecule has 26 heavy (non-hydrogen) atoms. The van der Waals surface area contributed by atoms with Gasteiger partial charge in [-0.25, -0.2) is 8.42 Å². The van der Waals surface area contributed by atoms with Gasteiger partial charge in [-0.3, -0.25) is 20.3 Å². The Balaban J connectivity index is 2.06. The third-order valence-corrected chi connectivity index (χ3v) is 4.93. The van der Waals surface area contributed by atoms with Gasteiger partial charge in [0.1, 0.15) is 0 Å². The number of sulfonamides is 1. The molecule has 2 rings (SSSR count). The van der Waals surface area contributed by atoms with E-state index in [1.165, 1.54) is 0 Å². The summed E-state index contributed by atoms with van der Waals surface area (Å²) in [7, 11) is -4.04. The van der Waals surface area contributed by atoms with Crippen LogP contribution in [0.5, 0.6) is 0 Å². The first kappa shape index (κ1) is 19.5. The van der Waals surface area contributed by atoms with E-state index in [9.17, 15) is 23.3 Å². The highest BCUT2D eigenvalue weighted by atomic mass is 32.2. The molecule has 2 aromatic rings. The second-order valence-electron chi connectivity index (χ2n) is 6.64. The predicted octanol–water partition coefficient (Wildman–Crippen LogP) is 2.52. The van der Waals surface area contributed by atoms with Crippen LogP contribution in [0, 0.1) is 10.1 Å². The molecule has 8 nitrogen and oxygen atoms in total. The maximum atomic E-state index is 12.1. The van der Waals surface area contributed by atoms with Crippen molar-refractivity contribution in [2.24, 2.45) is 0 Å². The largest absolute Gasteiger partial charge is 0.273 e. The molecule has 0 saturated carbocycles. The molecule has 0 radical (unpaired) electrons. The van der Waals surface area contributed by atoms with Crippen molar-refractivity contribution in [1.82, 2.24) is 10.3 Å². The van der Waals surface area contributed by atoms with E-state index in [4.69, 9.17) is 0 Å². The van der Waals surface area contributed by atoms with Crippen molar-refractivity contribution in [2.45, 2.75) is 31.1 Å². The van der Waals surface area contributed by atoms with Crippen LogP contribution in [-0.4, -0.2) is 19.2 Å². The highest BCUT2D eigenvalue weighted by Crippen LogP contribution is 2.22. The quantitative estimate of drug-likeness (QED) is 0.613. The highest BCUT2D eigenvalue weighted by molar-refractivity contribution is 7.89. The van der Waals surface area contributed by atoms with Crippen molar-refractivity contribution in [3.63, 3.8) is 0 Å². The summed E-state index contributed by atoms with van der Waals surface area (Å²) in [5, 5.41) is 10.6. The maximum absolute atomic E-state index is 12.1. The van der Waals surface area contributed by atoms with Gasteiger partial charge in [0.05, 0.1) is 9.82 Å². The zero-order valence-corrected chi connectivity index (χ0v) is 15.3. The molecule has 0 unspecified atom stereocenters. The smallest absolute Gasteiger partial charge is 0.269 e. The summed E-state index contributed by atoms with van der Waals surface area (Å²) in [5.41, 5.74) is 3.17. The maximum Gasteiger partial charge on any atom is 0.269 e. The van der Waals surface area contributed by atoms with E-state index in [0.29, 0.717) is 5.56 Å². The van der Waals surface area contributed by atoms with Gasteiger partial charge >= 0.3 is 0 Å². The fourth-order valence-corrected chi connectivity index (χ4v) is 2.95. The average molecular weight is 377 g/mol. The van der Waals surface area contributed by atoms with Gasteiger partial charge in [-0.1, -0.05) is 32.9 Å². The van der Waals surface area contributed by atoms with Gasteiger partial charge in [0.2, 0.25) is 0 Å². The molecule has 0 fully saturated rings. The van der Waals surface area contributed by atoms with Crippen LogP contribution in [0.25, 0.3) is 0 Å². The minimum Gasteiger partial charge on any atom is -0.273 e. The molecule has 0 aliphatic rings. The SMILES string of the molecule is CC(C)(C)c1ccc(C(=O)NNS(=O)(=O)c2ccc([N+](=O)[O-])cc2)cc1. The number of rotatable bonds is 5. The number of amides is 1. The van der Waals surface area contributed by atoms with Gasteiger partial charge in [0, 0.05) is 17.7 Å². The minimum absolute atomic E-state index is 0.0630. The molecule has 138 valence electrons. The second kappa shape index (κ2) is 7.22. The Hall–Kier alpha value is -2.78. The molecule has 0 saturated heterocycles. The molecule has 9 heteroatoms. The Labute approximate surface area is 151 Å². The van der Waals surface area contributed by atoms with Crippen molar-refractivity contribution < 1.29 is 18.1 Å². The van der Waals surface area contributed by atoms with E-state index in [1.54, 1.807) is 24.3 Å². The molecule has 1 amide bonds. The summed E-state index contributed by atoms with van der Waals surface area (Å²) < 4.78 is 24.3. The Morgan fingerprint density at radius 1 is 1.00 bits per heavy atom. The Kier molecular flexibility index (Phi) is 5.43. The number of carbonyl (C=O) groups excluding carboxylic acids is 1. The Morgan fingerprint density at radius 3 is 2.00 bits per heavy atom. The molecule has 2 aromatic carbocycles. The molecular formula is C17H19N3O5S. The van der Waals surface area contributed by atoms with E-state index in [1.807, 2.05) is 25.6 Å². The Morgan fingerprint density at radius 2 is 1.54 bits per heavy atom. The van der Waals surface area contributed by atoms with E-state index in [2.05, 4.69) is 5.43 Å². The van der Waals surface area contributed by atoms with Crippen molar-refractivity contribution in [3.05, 3.63) is 69.8 Å². The van der Waals surface area contributed by atoms with Crippen LogP contribution in [0.3, 0.4) is 0 Å². The fourth-order valence-electron chi connectivity index (χ4n) is 2.11. The van der Waals surface area contributed by atoms with Gasteiger partial charge < -0.3 is 0 Å². The van der Waals surface area contributed by atoms with E-state index in [-0.39, 0.29) is 16.0 Å². The standard InChI is InChI=1S/C17H19N3O5S/c1-17(2,3)13-6-4-12(5-7-13)16(21)18-19-26(24,25)15-10-8-14(9-11-15)20(22)23/h4-11,19H,1-3H3,(H,18,21). The first-order valence-electron chi connectivity index (χ1n) is 7.68. The van der Waals surface area contributed by atoms with Crippen LogP contribution in [-0.2, 0) is 15.4 Å². The van der Waals surface area contributed by atoms with Crippen LogP contribution < -0.4 is 10.3 Å². The molecule has 0 aliphatic heterocycles. The lowest BCUT2D eigenvalue weighted by atomic mass is 9.87. The third kappa shape index (κ3) is 4.64. The number of hydrogen-bond acceptors (Lipinski definition) is 5. The highest BCUT2D eigenvalue weighted by Gasteiger charge is 2.18. The van der Waals surface area contributed by atoms with Crippen LogP contribution in [0.1, 0.15) is 36.7 Å². The number of nitro groups is 1. The van der Waals surface area contributed by atoms with Crippen molar-refractivity contribution in [3.8, 4) is 0 Å². The molecule has 0 bridgehead atoms. The summed E-state index contributed by atoms with van der Waals surface area (Å²) in [5.74, 6) is -0.615. The van der Waals surface area contributed by atoms with Gasteiger partial charge in [-0.15, -0.1) is 4.83 Å². The van der Waals surface area contributed by atoms with E-state index < -0.39 is 20.9 Å². The van der Waals surface area contributed by atoms with Crippen LogP contribution >= 0.6 is 0 Å². The summed E-state index contributed by atoms with van der Waals surface area (Å²) >= 11 is 0. The van der Waals surface area contributed by atoms with E-state index in [0.717, 1.165) is 29.8 Å². The number of benzene rings is 2. The first-order chi connectivity index (χ1) is 12.0. The van der Waals surface area contributed by atoms with Gasteiger partial charge in [-0.2, -0.15) is 0 Å². The van der Waals surface area contributed by atoms with Gasteiger partial charge in [0.15, 0.2) is 0 Å². The van der Waals surface area contributed by atoms with Crippen molar-refractivity contribution in [2.75, 3.05) is 0 Å². The first-order valence-corrected chi connectivity index (χ1v) is 9.16. The predicted molar refractivity (Wildman–Crippen MR) is 96.0 cm³/mol. The summed E-state index contributed by atoms with van der Waals surface area (Å²) in [6.07, 6.45) is 0. The lowest BCUT2D eigenvalue weighted by Crippen LogP contribution is -2.41. The minimum atomic E-state index is -4.04. The molecule has 0 heterocycles. The molecule has 2 N–H and O–H groups in total.